The van der Waals surface area contributed by atoms with Crippen LogP contribution in [0.5, 0.6) is 11.5 Å². The van der Waals surface area contributed by atoms with Crippen LogP contribution in [0.2, 0.25) is 0 Å². The van der Waals surface area contributed by atoms with Crippen molar-refractivity contribution in [3.05, 3.63) is 53.8 Å². The first kappa shape index (κ1) is 21.1. The highest BCUT2D eigenvalue weighted by atomic mass is 32.2. The number of carbonyl (C=O) groups is 1. The van der Waals surface area contributed by atoms with Crippen molar-refractivity contribution in [2.24, 2.45) is 0 Å². The third-order valence-corrected chi connectivity index (χ3v) is 6.43. The summed E-state index contributed by atoms with van der Waals surface area (Å²) in [5.74, 6) is -0.0623. The van der Waals surface area contributed by atoms with E-state index in [0.717, 1.165) is 16.4 Å². The van der Waals surface area contributed by atoms with Crippen LogP contribution in [-0.2, 0) is 10.0 Å². The topological polar surface area (TPSA) is 76.1 Å². The highest BCUT2D eigenvalue weighted by Gasteiger charge is 2.27. The minimum absolute atomic E-state index is 0.0887. The molecule has 1 heterocycles. The molecule has 0 N–H and O–H groups in total. The van der Waals surface area contributed by atoms with Crippen molar-refractivity contribution in [2.45, 2.75) is 17.9 Å². The molecule has 29 heavy (non-hydrogen) atoms. The average molecular weight is 422 g/mol. The molecule has 156 valence electrons. The number of sulfonamides is 1. The molecule has 1 atom stereocenters. The van der Waals surface area contributed by atoms with Gasteiger partial charge in [-0.25, -0.2) is 17.1 Å². The van der Waals surface area contributed by atoms with Gasteiger partial charge in [-0.2, -0.15) is 0 Å². The number of hydrogen-bond donors (Lipinski definition) is 0. The summed E-state index contributed by atoms with van der Waals surface area (Å²) in [5, 5.41) is 0. The Morgan fingerprint density at radius 1 is 1.17 bits per heavy atom. The Kier molecular flexibility index (Phi) is 6.09. The van der Waals surface area contributed by atoms with E-state index in [1.807, 2.05) is 12.1 Å². The standard InChI is InChI=1S/C20H23FN2O5S/c1-4-23(12-15-13-27-17-7-5-6-8-18(17)28-15)20(24)14-9-10-16(21)19(11-14)29(25,26)22(2)3/h5-11,15H,4,12-13H2,1-3H3. The minimum Gasteiger partial charge on any atom is -0.486 e. The van der Waals surface area contributed by atoms with Gasteiger partial charge in [0.2, 0.25) is 10.0 Å². The molecule has 0 spiro atoms. The molecule has 0 fully saturated rings. The third-order valence-electron chi connectivity index (χ3n) is 4.60. The highest BCUT2D eigenvalue weighted by molar-refractivity contribution is 7.89. The van der Waals surface area contributed by atoms with Gasteiger partial charge < -0.3 is 14.4 Å². The van der Waals surface area contributed by atoms with Gasteiger partial charge >= 0.3 is 0 Å². The van der Waals surface area contributed by atoms with E-state index in [0.29, 0.717) is 18.0 Å². The molecule has 9 heteroatoms. The SMILES string of the molecule is CCN(CC1COc2ccccc2O1)C(=O)c1ccc(F)c(S(=O)(=O)N(C)C)c1. The van der Waals surface area contributed by atoms with E-state index in [1.54, 1.807) is 19.1 Å². The van der Waals surface area contributed by atoms with E-state index in [4.69, 9.17) is 9.47 Å². The maximum atomic E-state index is 14.1. The Morgan fingerprint density at radius 2 is 1.86 bits per heavy atom. The zero-order chi connectivity index (χ0) is 21.2. The van der Waals surface area contributed by atoms with E-state index in [2.05, 4.69) is 0 Å². The van der Waals surface area contributed by atoms with Crippen molar-refractivity contribution in [2.75, 3.05) is 33.8 Å². The summed E-state index contributed by atoms with van der Waals surface area (Å²) in [6, 6.07) is 10.6. The summed E-state index contributed by atoms with van der Waals surface area (Å²) in [6.45, 7) is 2.70. The number of amides is 1. The number of likely N-dealkylation sites (N-methyl/N-ethyl adjacent to an activating group) is 1. The number of para-hydroxylation sites is 2. The summed E-state index contributed by atoms with van der Waals surface area (Å²) in [5.41, 5.74) is 0.0887. The van der Waals surface area contributed by atoms with Crippen LogP contribution in [0.25, 0.3) is 0 Å². The molecule has 7 nitrogen and oxygen atoms in total. The van der Waals surface area contributed by atoms with Crippen molar-refractivity contribution < 1.29 is 27.1 Å². The quantitative estimate of drug-likeness (QED) is 0.715. The summed E-state index contributed by atoms with van der Waals surface area (Å²) < 4.78 is 51.2. The number of carbonyl (C=O) groups excluding carboxylic acids is 1. The van der Waals surface area contributed by atoms with Gasteiger partial charge in [0.1, 0.15) is 17.3 Å². The summed E-state index contributed by atoms with van der Waals surface area (Å²) >= 11 is 0. The van der Waals surface area contributed by atoms with Gasteiger partial charge in [-0.3, -0.25) is 4.79 Å². The highest BCUT2D eigenvalue weighted by Crippen LogP contribution is 2.31. The molecule has 0 saturated heterocycles. The fourth-order valence-corrected chi connectivity index (χ4v) is 3.95. The van der Waals surface area contributed by atoms with E-state index in [-0.39, 0.29) is 24.8 Å². The lowest BCUT2D eigenvalue weighted by Gasteiger charge is -2.31. The smallest absolute Gasteiger partial charge is 0.254 e. The molecule has 0 radical (unpaired) electrons. The largest absolute Gasteiger partial charge is 0.486 e. The molecule has 1 aliphatic heterocycles. The predicted molar refractivity (Wildman–Crippen MR) is 105 cm³/mol. The van der Waals surface area contributed by atoms with Gasteiger partial charge in [-0.05, 0) is 37.3 Å². The fourth-order valence-electron chi connectivity index (χ4n) is 2.97. The van der Waals surface area contributed by atoms with E-state index in [9.17, 15) is 17.6 Å². The number of rotatable bonds is 6. The van der Waals surface area contributed by atoms with Crippen molar-refractivity contribution in [3.63, 3.8) is 0 Å². The molecule has 3 rings (SSSR count). The van der Waals surface area contributed by atoms with Gasteiger partial charge in [0.15, 0.2) is 17.6 Å². The monoisotopic (exact) mass is 422 g/mol. The molecular formula is C20H23FN2O5S. The van der Waals surface area contributed by atoms with Crippen molar-refractivity contribution in [1.29, 1.82) is 0 Å². The van der Waals surface area contributed by atoms with Crippen LogP contribution in [0.1, 0.15) is 17.3 Å². The van der Waals surface area contributed by atoms with Gasteiger partial charge in [0.25, 0.3) is 5.91 Å². The van der Waals surface area contributed by atoms with Crippen molar-refractivity contribution in [3.8, 4) is 11.5 Å². The number of halogens is 1. The first-order valence-electron chi connectivity index (χ1n) is 9.14. The Bertz CT molecular complexity index is 1010. The van der Waals surface area contributed by atoms with E-state index >= 15 is 0 Å². The lowest BCUT2D eigenvalue weighted by molar-refractivity contribution is 0.0474. The molecular weight excluding hydrogens is 399 g/mol. The lowest BCUT2D eigenvalue weighted by Crippen LogP contribution is -2.43. The first-order valence-corrected chi connectivity index (χ1v) is 10.6. The molecule has 1 unspecified atom stereocenters. The Balaban J connectivity index is 1.80. The van der Waals surface area contributed by atoms with Crippen LogP contribution in [0, 0.1) is 5.82 Å². The minimum atomic E-state index is -4.01. The van der Waals surface area contributed by atoms with Crippen LogP contribution in [0.15, 0.2) is 47.4 Å². The Morgan fingerprint density at radius 3 is 2.52 bits per heavy atom. The molecule has 1 aliphatic rings. The zero-order valence-corrected chi connectivity index (χ0v) is 17.3. The second kappa shape index (κ2) is 8.38. The molecule has 2 aromatic carbocycles. The first-order chi connectivity index (χ1) is 13.7. The second-order valence-corrected chi connectivity index (χ2v) is 8.89. The van der Waals surface area contributed by atoms with Gasteiger partial charge in [-0.15, -0.1) is 0 Å². The molecule has 0 saturated carbocycles. The number of benzene rings is 2. The molecule has 0 aromatic heterocycles. The van der Waals surface area contributed by atoms with E-state index < -0.39 is 26.6 Å². The predicted octanol–water partition coefficient (Wildman–Crippen LogP) is 2.38. The number of hydrogen-bond acceptors (Lipinski definition) is 5. The van der Waals surface area contributed by atoms with E-state index in [1.165, 1.54) is 25.1 Å². The van der Waals surface area contributed by atoms with Gasteiger partial charge in [0.05, 0.1) is 6.54 Å². The van der Waals surface area contributed by atoms with Crippen LogP contribution in [0.3, 0.4) is 0 Å². The molecule has 1 amide bonds. The summed E-state index contributed by atoms with van der Waals surface area (Å²) in [6.07, 6.45) is -0.376. The molecule has 0 aliphatic carbocycles. The van der Waals surface area contributed by atoms with Crippen LogP contribution in [-0.4, -0.2) is 63.4 Å². The van der Waals surface area contributed by atoms with Gasteiger partial charge in [0, 0.05) is 26.2 Å². The molecule has 0 bridgehead atoms. The molecule has 2 aromatic rings. The fraction of sp³-hybridized carbons (Fsp3) is 0.350. The second-order valence-electron chi connectivity index (χ2n) is 6.77. The Hall–Kier alpha value is -2.65. The van der Waals surface area contributed by atoms with Crippen molar-refractivity contribution >= 4 is 15.9 Å². The summed E-state index contributed by atoms with van der Waals surface area (Å²) in [7, 11) is -1.40. The maximum absolute atomic E-state index is 14.1. The van der Waals surface area contributed by atoms with Gasteiger partial charge in [-0.1, -0.05) is 12.1 Å². The van der Waals surface area contributed by atoms with Crippen LogP contribution < -0.4 is 9.47 Å². The number of ether oxygens (including phenoxy) is 2. The Labute approximate surface area is 169 Å². The zero-order valence-electron chi connectivity index (χ0n) is 16.5. The number of nitrogens with zero attached hydrogens (tertiary/aromatic N) is 2. The average Bonchev–Trinajstić information content (AvgIpc) is 2.71. The van der Waals surface area contributed by atoms with Crippen LogP contribution >= 0.6 is 0 Å². The normalized spacial score (nSPS) is 16.0. The maximum Gasteiger partial charge on any atom is 0.254 e. The third kappa shape index (κ3) is 4.35. The number of fused-ring (bicyclic) bond motifs is 1. The van der Waals surface area contributed by atoms with Crippen LogP contribution in [0.4, 0.5) is 4.39 Å². The van der Waals surface area contributed by atoms with Crippen molar-refractivity contribution in [1.82, 2.24) is 9.21 Å². The summed E-state index contributed by atoms with van der Waals surface area (Å²) in [4.78, 5) is 13.9. The lowest BCUT2D eigenvalue weighted by atomic mass is 10.1.